The Morgan fingerprint density at radius 3 is 2.24 bits per heavy atom. The van der Waals surface area contributed by atoms with Gasteiger partial charge in [-0.15, -0.1) is 0 Å². The van der Waals surface area contributed by atoms with E-state index >= 15 is 0 Å². The van der Waals surface area contributed by atoms with Crippen molar-refractivity contribution in [2.45, 2.75) is 85.0 Å². The van der Waals surface area contributed by atoms with Gasteiger partial charge in [-0.1, -0.05) is 39.3 Å². The first-order valence-corrected chi connectivity index (χ1v) is 16.2. The van der Waals surface area contributed by atoms with Crippen molar-refractivity contribution in [3.05, 3.63) is 29.3 Å². The number of carbonyl (C=O) groups is 2. The van der Waals surface area contributed by atoms with Crippen LogP contribution in [-0.2, 0) is 19.2 Å². The highest BCUT2D eigenvalue weighted by Gasteiger charge is 2.52. The van der Waals surface area contributed by atoms with Gasteiger partial charge in [-0.25, -0.2) is 13.1 Å². The first kappa shape index (κ1) is 28.7. The lowest BCUT2D eigenvalue weighted by atomic mass is 9.64. The Labute approximate surface area is 207 Å². The lowest BCUT2D eigenvalue weighted by Gasteiger charge is -2.48. The Balaban J connectivity index is 2.42. The maximum absolute atomic E-state index is 13.7. The number of benzene rings is 1. The highest BCUT2D eigenvalue weighted by molar-refractivity contribution is 7.89. The van der Waals surface area contributed by atoms with Crippen LogP contribution in [0, 0.1) is 30.1 Å². The zero-order valence-corrected chi connectivity index (χ0v) is 24.2. The molecule has 1 aromatic rings. The molecular formula is C25H42N2O5SSi. The van der Waals surface area contributed by atoms with Crippen molar-refractivity contribution in [2.24, 2.45) is 23.2 Å². The summed E-state index contributed by atoms with van der Waals surface area (Å²) in [5, 5.41) is 2.93. The minimum absolute atomic E-state index is 0.0337. The van der Waals surface area contributed by atoms with Gasteiger partial charge >= 0.3 is 0 Å². The third-order valence-corrected chi connectivity index (χ3v) is 8.91. The number of β-lactam (4-membered cyclic amide) rings is 1. The summed E-state index contributed by atoms with van der Waals surface area (Å²) in [5.74, 6) is -1.39. The highest BCUT2D eigenvalue weighted by Crippen LogP contribution is 2.41. The average molecular weight is 511 g/mol. The molecule has 192 valence electrons. The van der Waals surface area contributed by atoms with E-state index in [1.807, 2.05) is 6.92 Å². The minimum atomic E-state index is -3.91. The van der Waals surface area contributed by atoms with E-state index in [-0.39, 0.29) is 45.4 Å². The maximum atomic E-state index is 13.7. The topological polar surface area (TPSA) is 102 Å². The van der Waals surface area contributed by atoms with Crippen LogP contribution in [0.1, 0.15) is 64.4 Å². The number of ketones is 1. The molecule has 2 N–H and O–H groups in total. The van der Waals surface area contributed by atoms with Crippen molar-refractivity contribution in [1.29, 1.82) is 0 Å². The van der Waals surface area contributed by atoms with Crippen LogP contribution >= 0.6 is 0 Å². The van der Waals surface area contributed by atoms with Crippen molar-refractivity contribution in [3.8, 4) is 0 Å². The average Bonchev–Trinajstić information content (AvgIpc) is 2.64. The monoisotopic (exact) mass is 510 g/mol. The molecule has 0 spiro atoms. The Hall–Kier alpha value is -1.55. The predicted octanol–water partition coefficient (Wildman–Crippen LogP) is 3.67. The summed E-state index contributed by atoms with van der Waals surface area (Å²) in [6, 6.07) is 4.42. The molecule has 4 atom stereocenters. The summed E-state index contributed by atoms with van der Waals surface area (Å²) >= 11 is 0. The number of Topliss-reactive ketones (excluding diaryl/α,β-unsaturated/α-hetero) is 1. The van der Waals surface area contributed by atoms with Crippen LogP contribution in [0.3, 0.4) is 0 Å². The van der Waals surface area contributed by atoms with E-state index in [1.54, 1.807) is 39.8 Å². The van der Waals surface area contributed by atoms with E-state index in [2.05, 4.69) is 43.9 Å². The van der Waals surface area contributed by atoms with E-state index in [4.69, 9.17) is 4.43 Å². The fourth-order valence-electron chi connectivity index (χ4n) is 4.41. The molecule has 2 rings (SSSR count). The third-order valence-electron chi connectivity index (χ3n) is 6.24. The van der Waals surface area contributed by atoms with E-state index in [9.17, 15) is 18.0 Å². The molecule has 0 aliphatic carbocycles. The fraction of sp³-hybridized carbons (Fsp3) is 0.680. The van der Waals surface area contributed by atoms with Crippen LogP contribution in [-0.4, -0.2) is 47.3 Å². The summed E-state index contributed by atoms with van der Waals surface area (Å²) in [4.78, 5) is 26.4. The Morgan fingerprint density at radius 2 is 1.76 bits per heavy atom. The molecule has 1 aliphatic rings. The van der Waals surface area contributed by atoms with E-state index < -0.39 is 30.5 Å². The lowest BCUT2D eigenvalue weighted by Crippen LogP contribution is -2.66. The fourth-order valence-corrected chi connectivity index (χ4v) is 6.62. The van der Waals surface area contributed by atoms with Crippen LogP contribution < -0.4 is 10.0 Å². The van der Waals surface area contributed by atoms with Gasteiger partial charge in [0.15, 0.2) is 14.8 Å². The highest BCUT2D eigenvalue weighted by atomic mass is 32.2. The normalized spacial score (nSPS) is 21.1. The summed E-state index contributed by atoms with van der Waals surface area (Å²) in [6.45, 7) is 19.8. The molecule has 7 nitrogen and oxygen atoms in total. The van der Waals surface area contributed by atoms with E-state index in [0.717, 1.165) is 5.56 Å². The number of hydrogen-bond acceptors (Lipinski definition) is 5. The number of rotatable bonds is 9. The first-order valence-electron chi connectivity index (χ1n) is 12.0. The molecule has 0 radical (unpaired) electrons. The zero-order chi connectivity index (χ0) is 26.2. The van der Waals surface area contributed by atoms with Gasteiger partial charge in [0.1, 0.15) is 0 Å². The largest absolute Gasteiger partial charge is 0.420 e. The Kier molecular flexibility index (Phi) is 8.61. The van der Waals surface area contributed by atoms with Crippen LogP contribution in [0.4, 0.5) is 0 Å². The molecule has 0 saturated carbocycles. The molecule has 1 aliphatic heterocycles. The van der Waals surface area contributed by atoms with Crippen molar-refractivity contribution in [3.63, 3.8) is 0 Å². The van der Waals surface area contributed by atoms with Crippen molar-refractivity contribution in [2.75, 3.05) is 6.61 Å². The summed E-state index contributed by atoms with van der Waals surface area (Å²) in [5.41, 5.74) is 0.0633. The van der Waals surface area contributed by atoms with Gasteiger partial charge in [-0.3, -0.25) is 9.59 Å². The third kappa shape index (κ3) is 6.77. The molecule has 9 heteroatoms. The SMILES string of the molecule is Cc1ccc(S(=O)(=O)NC(C)(C)C)c(C(=O)[C@H](C)[C@H]2NC(=O)[C@H]2[C@@H](CO[SiH](C)C)C(C)(C)C)c1. The minimum Gasteiger partial charge on any atom is -0.420 e. The molecule has 1 amide bonds. The van der Waals surface area contributed by atoms with Crippen LogP contribution in [0.2, 0.25) is 13.1 Å². The Morgan fingerprint density at radius 1 is 1.18 bits per heavy atom. The number of sulfonamides is 1. The van der Waals surface area contributed by atoms with Gasteiger partial charge in [-0.2, -0.15) is 0 Å². The quantitative estimate of drug-likeness (QED) is 0.300. The standard InChI is InChI=1S/C25H42N2O5SSi/c1-15-11-12-19(33(30,31)27-25(6,7)8)17(13-15)22(28)16(2)21-20(23(29)26-21)18(24(3,4)5)14-32-34(9)10/h11-13,16,18,20-21,27,34H,14H2,1-10H3,(H,26,29)/t16-,18-,20+,21-/m1/s1. The smallest absolute Gasteiger partial charge is 0.241 e. The number of amides is 1. The maximum Gasteiger partial charge on any atom is 0.241 e. The molecular weight excluding hydrogens is 468 g/mol. The number of nitrogens with one attached hydrogen (secondary N) is 2. The molecule has 0 aromatic heterocycles. The molecule has 1 saturated heterocycles. The van der Waals surface area contributed by atoms with Crippen molar-refractivity contribution >= 4 is 30.8 Å². The van der Waals surface area contributed by atoms with Crippen LogP contribution in [0.5, 0.6) is 0 Å². The van der Waals surface area contributed by atoms with Crippen LogP contribution in [0.15, 0.2) is 23.1 Å². The van der Waals surface area contributed by atoms with E-state index in [0.29, 0.717) is 6.61 Å². The predicted molar refractivity (Wildman–Crippen MR) is 138 cm³/mol. The summed E-state index contributed by atoms with van der Waals surface area (Å²) in [6.07, 6.45) is 0. The summed E-state index contributed by atoms with van der Waals surface area (Å²) < 4.78 is 34.9. The number of hydrogen-bond donors (Lipinski definition) is 2. The second kappa shape index (κ2) is 10.2. The van der Waals surface area contributed by atoms with Gasteiger partial charge in [-0.05, 0) is 64.3 Å². The second-order valence-electron chi connectivity index (χ2n) is 11.9. The van der Waals surface area contributed by atoms with Gasteiger partial charge < -0.3 is 9.74 Å². The molecule has 1 fully saturated rings. The Bertz CT molecular complexity index is 1020. The van der Waals surface area contributed by atoms with Gasteiger partial charge in [0.2, 0.25) is 15.9 Å². The first-order chi connectivity index (χ1) is 15.3. The summed E-state index contributed by atoms with van der Waals surface area (Å²) in [7, 11) is -5.20. The molecule has 0 bridgehead atoms. The molecule has 1 aromatic carbocycles. The van der Waals surface area contributed by atoms with Gasteiger partial charge in [0.05, 0.1) is 16.9 Å². The lowest BCUT2D eigenvalue weighted by molar-refractivity contribution is -0.143. The van der Waals surface area contributed by atoms with Crippen molar-refractivity contribution in [1.82, 2.24) is 10.0 Å². The molecule has 0 unspecified atom stereocenters. The molecule has 1 heterocycles. The van der Waals surface area contributed by atoms with Crippen molar-refractivity contribution < 1.29 is 22.4 Å². The second-order valence-corrected chi connectivity index (χ2v) is 16.0. The van der Waals surface area contributed by atoms with Gasteiger partial charge in [0, 0.05) is 23.6 Å². The number of aryl methyl sites for hydroxylation is 1. The zero-order valence-electron chi connectivity index (χ0n) is 22.3. The van der Waals surface area contributed by atoms with Crippen LogP contribution in [0.25, 0.3) is 0 Å². The molecule has 34 heavy (non-hydrogen) atoms. The van der Waals surface area contributed by atoms with E-state index in [1.165, 1.54) is 6.07 Å². The number of carbonyl (C=O) groups excluding carboxylic acids is 2. The van der Waals surface area contributed by atoms with Gasteiger partial charge in [0.25, 0.3) is 0 Å².